The summed E-state index contributed by atoms with van der Waals surface area (Å²) in [6, 6.07) is 0.733. The Morgan fingerprint density at radius 2 is 2.00 bits per heavy atom. The van der Waals surface area contributed by atoms with E-state index in [1.165, 1.54) is 38.0 Å². The van der Waals surface area contributed by atoms with Gasteiger partial charge in [-0.05, 0) is 25.6 Å². The molecule has 1 N–H and O–H groups in total. The molecule has 1 nitrogen and oxygen atoms in total. The van der Waals surface area contributed by atoms with Crippen LogP contribution in [0.2, 0.25) is 0 Å². The van der Waals surface area contributed by atoms with Crippen molar-refractivity contribution in [1.29, 1.82) is 0 Å². The molecule has 0 saturated carbocycles. The molecule has 0 rings (SSSR count). The van der Waals surface area contributed by atoms with Gasteiger partial charge in [-0.25, -0.2) is 0 Å². The van der Waals surface area contributed by atoms with Crippen molar-refractivity contribution < 1.29 is 0 Å². The maximum Gasteiger partial charge on any atom is 0.0155 e. The van der Waals surface area contributed by atoms with Crippen LogP contribution < -0.4 is 5.32 Å². The standard InChI is InChI=1S/C10H23NS/c1-4-6-7-8-11-10(5-2)9-12-3/h10-11H,4-9H2,1-3H3. The molecule has 0 amide bonds. The van der Waals surface area contributed by atoms with E-state index in [0.29, 0.717) is 0 Å². The summed E-state index contributed by atoms with van der Waals surface area (Å²) in [6.45, 7) is 5.71. The lowest BCUT2D eigenvalue weighted by Crippen LogP contribution is -2.31. The summed E-state index contributed by atoms with van der Waals surface area (Å²) in [5.41, 5.74) is 0. The van der Waals surface area contributed by atoms with Gasteiger partial charge in [-0.3, -0.25) is 0 Å². The van der Waals surface area contributed by atoms with E-state index in [4.69, 9.17) is 0 Å². The molecule has 1 unspecified atom stereocenters. The van der Waals surface area contributed by atoms with Crippen molar-refractivity contribution in [1.82, 2.24) is 5.32 Å². The van der Waals surface area contributed by atoms with Gasteiger partial charge in [0, 0.05) is 11.8 Å². The molecule has 0 fully saturated rings. The van der Waals surface area contributed by atoms with Crippen LogP contribution in [-0.2, 0) is 0 Å². The smallest absolute Gasteiger partial charge is 0.0155 e. The first kappa shape index (κ1) is 12.3. The second-order valence-corrected chi connectivity index (χ2v) is 4.13. The van der Waals surface area contributed by atoms with Crippen LogP contribution in [0.1, 0.15) is 39.5 Å². The zero-order valence-corrected chi connectivity index (χ0v) is 9.54. The van der Waals surface area contributed by atoms with Gasteiger partial charge in [0.2, 0.25) is 0 Å². The third-order valence-electron chi connectivity index (χ3n) is 2.07. The number of unbranched alkanes of at least 4 members (excludes halogenated alkanes) is 2. The molecule has 0 saturated heterocycles. The van der Waals surface area contributed by atoms with Gasteiger partial charge in [-0.2, -0.15) is 11.8 Å². The number of rotatable bonds is 8. The van der Waals surface area contributed by atoms with Crippen molar-refractivity contribution >= 4 is 11.8 Å². The van der Waals surface area contributed by atoms with Crippen LogP contribution in [0.4, 0.5) is 0 Å². The highest BCUT2D eigenvalue weighted by Gasteiger charge is 2.02. The SMILES string of the molecule is CCCCCNC(CC)CSC. The Hall–Kier alpha value is 0.310. The lowest BCUT2D eigenvalue weighted by Gasteiger charge is -2.15. The monoisotopic (exact) mass is 189 g/mol. The molecule has 0 spiro atoms. The van der Waals surface area contributed by atoms with Crippen LogP contribution in [0.15, 0.2) is 0 Å². The maximum absolute atomic E-state index is 3.58. The molecule has 0 radical (unpaired) electrons. The molecule has 0 aromatic carbocycles. The third-order valence-corrected chi connectivity index (χ3v) is 2.81. The van der Waals surface area contributed by atoms with Crippen molar-refractivity contribution in [3.63, 3.8) is 0 Å². The lowest BCUT2D eigenvalue weighted by molar-refractivity contribution is 0.520. The first-order valence-electron chi connectivity index (χ1n) is 5.07. The fourth-order valence-corrected chi connectivity index (χ4v) is 1.96. The average Bonchev–Trinajstić information content (AvgIpc) is 2.10. The molecule has 1 atom stereocenters. The molecule has 0 aromatic heterocycles. The Bertz CT molecular complexity index is 85.9. The van der Waals surface area contributed by atoms with E-state index in [0.717, 1.165) is 6.04 Å². The van der Waals surface area contributed by atoms with E-state index >= 15 is 0 Å². The van der Waals surface area contributed by atoms with Gasteiger partial charge in [-0.15, -0.1) is 0 Å². The molecule has 2 heteroatoms. The zero-order valence-electron chi connectivity index (χ0n) is 8.73. The molecule has 0 heterocycles. The van der Waals surface area contributed by atoms with Crippen LogP contribution in [0.3, 0.4) is 0 Å². The van der Waals surface area contributed by atoms with Gasteiger partial charge in [0.15, 0.2) is 0 Å². The van der Waals surface area contributed by atoms with Gasteiger partial charge in [-0.1, -0.05) is 26.7 Å². The Morgan fingerprint density at radius 1 is 1.25 bits per heavy atom. The Labute approximate surface area is 81.7 Å². The molecule has 12 heavy (non-hydrogen) atoms. The second kappa shape index (κ2) is 9.40. The van der Waals surface area contributed by atoms with Crippen molar-refractivity contribution in [2.75, 3.05) is 18.6 Å². The fraction of sp³-hybridized carbons (Fsp3) is 1.00. The normalized spacial score (nSPS) is 13.2. The largest absolute Gasteiger partial charge is 0.313 e. The van der Waals surface area contributed by atoms with Crippen LogP contribution in [-0.4, -0.2) is 24.6 Å². The molecule has 74 valence electrons. The fourth-order valence-electron chi connectivity index (χ4n) is 1.20. The molecule has 0 aliphatic carbocycles. The first-order valence-corrected chi connectivity index (χ1v) is 6.46. The minimum Gasteiger partial charge on any atom is -0.313 e. The first-order chi connectivity index (χ1) is 5.85. The highest BCUT2D eigenvalue weighted by Crippen LogP contribution is 2.01. The van der Waals surface area contributed by atoms with E-state index in [-0.39, 0.29) is 0 Å². The van der Waals surface area contributed by atoms with Gasteiger partial charge < -0.3 is 5.32 Å². The highest BCUT2D eigenvalue weighted by molar-refractivity contribution is 7.98. The highest BCUT2D eigenvalue weighted by atomic mass is 32.2. The predicted molar refractivity (Wildman–Crippen MR) is 60.0 cm³/mol. The summed E-state index contributed by atoms with van der Waals surface area (Å²) >= 11 is 1.94. The summed E-state index contributed by atoms with van der Waals surface area (Å²) < 4.78 is 0. The van der Waals surface area contributed by atoms with Crippen molar-refractivity contribution in [3.05, 3.63) is 0 Å². The maximum atomic E-state index is 3.58. The minimum atomic E-state index is 0.733. The van der Waals surface area contributed by atoms with E-state index < -0.39 is 0 Å². The Morgan fingerprint density at radius 3 is 2.50 bits per heavy atom. The summed E-state index contributed by atoms with van der Waals surface area (Å²) in [6.07, 6.45) is 7.45. The third kappa shape index (κ3) is 6.99. The van der Waals surface area contributed by atoms with Crippen molar-refractivity contribution in [2.45, 2.75) is 45.6 Å². The second-order valence-electron chi connectivity index (χ2n) is 3.22. The minimum absolute atomic E-state index is 0.733. The average molecular weight is 189 g/mol. The Kier molecular flexibility index (Phi) is 9.64. The lowest BCUT2D eigenvalue weighted by atomic mass is 10.2. The molecule has 0 aromatic rings. The molecular weight excluding hydrogens is 166 g/mol. The van der Waals surface area contributed by atoms with Gasteiger partial charge in [0.25, 0.3) is 0 Å². The van der Waals surface area contributed by atoms with Crippen LogP contribution >= 0.6 is 11.8 Å². The zero-order chi connectivity index (χ0) is 9.23. The van der Waals surface area contributed by atoms with Crippen LogP contribution in [0.5, 0.6) is 0 Å². The van der Waals surface area contributed by atoms with Crippen LogP contribution in [0, 0.1) is 0 Å². The van der Waals surface area contributed by atoms with E-state index in [2.05, 4.69) is 25.4 Å². The summed E-state index contributed by atoms with van der Waals surface area (Å²) in [7, 11) is 0. The number of nitrogens with one attached hydrogen (secondary N) is 1. The summed E-state index contributed by atoms with van der Waals surface area (Å²) in [5.74, 6) is 1.25. The summed E-state index contributed by atoms with van der Waals surface area (Å²) in [5, 5.41) is 3.58. The topological polar surface area (TPSA) is 12.0 Å². The van der Waals surface area contributed by atoms with E-state index in [1.807, 2.05) is 11.8 Å². The van der Waals surface area contributed by atoms with E-state index in [9.17, 15) is 0 Å². The van der Waals surface area contributed by atoms with Crippen molar-refractivity contribution in [3.8, 4) is 0 Å². The number of hydrogen-bond acceptors (Lipinski definition) is 2. The van der Waals surface area contributed by atoms with E-state index in [1.54, 1.807) is 0 Å². The van der Waals surface area contributed by atoms with Crippen molar-refractivity contribution in [2.24, 2.45) is 0 Å². The Balaban J connectivity index is 3.19. The molecule has 0 aliphatic rings. The quantitative estimate of drug-likeness (QED) is 0.589. The summed E-state index contributed by atoms with van der Waals surface area (Å²) in [4.78, 5) is 0. The molecule has 0 bridgehead atoms. The van der Waals surface area contributed by atoms with Gasteiger partial charge in [0.1, 0.15) is 0 Å². The molecule has 0 aliphatic heterocycles. The number of thioether (sulfide) groups is 1. The molecular formula is C10H23NS. The van der Waals surface area contributed by atoms with Crippen LogP contribution in [0.25, 0.3) is 0 Å². The van der Waals surface area contributed by atoms with Gasteiger partial charge >= 0.3 is 0 Å². The number of hydrogen-bond donors (Lipinski definition) is 1. The van der Waals surface area contributed by atoms with Gasteiger partial charge in [0.05, 0.1) is 0 Å². The predicted octanol–water partition coefficient (Wildman–Crippen LogP) is 2.91.